The standard InChI is InChI=1S/C13H19N5O/c1-13(2,3)18-7-6-16-11(12(18)19)15-5-4-10-8-14-9-17-10/h6-9H,4-5H2,1-3H3,(H,14,17)(H,15,16). The summed E-state index contributed by atoms with van der Waals surface area (Å²) >= 11 is 0. The van der Waals surface area contributed by atoms with Crippen LogP contribution in [0.3, 0.4) is 0 Å². The van der Waals surface area contributed by atoms with Crippen LogP contribution in [0.5, 0.6) is 0 Å². The molecule has 2 N–H and O–H groups in total. The zero-order chi connectivity index (χ0) is 13.9. The summed E-state index contributed by atoms with van der Waals surface area (Å²) in [5.41, 5.74) is 0.680. The first-order valence-corrected chi connectivity index (χ1v) is 6.28. The highest BCUT2D eigenvalue weighted by molar-refractivity contribution is 5.31. The van der Waals surface area contributed by atoms with Crippen molar-refractivity contribution in [3.8, 4) is 0 Å². The Morgan fingerprint density at radius 1 is 1.42 bits per heavy atom. The lowest BCUT2D eigenvalue weighted by atomic mass is 10.1. The van der Waals surface area contributed by atoms with Crippen molar-refractivity contribution in [2.45, 2.75) is 32.7 Å². The lowest BCUT2D eigenvalue weighted by Gasteiger charge is -2.22. The third-order valence-electron chi connectivity index (χ3n) is 2.81. The normalized spacial score (nSPS) is 11.5. The minimum absolute atomic E-state index is 0.0976. The molecule has 0 unspecified atom stereocenters. The molecule has 0 saturated carbocycles. The van der Waals surface area contributed by atoms with Gasteiger partial charge in [-0.3, -0.25) is 4.79 Å². The predicted molar refractivity (Wildman–Crippen MR) is 74.3 cm³/mol. The Labute approximate surface area is 111 Å². The predicted octanol–water partition coefficient (Wildman–Crippen LogP) is 1.38. The van der Waals surface area contributed by atoms with Gasteiger partial charge in [0.05, 0.1) is 6.33 Å². The first kappa shape index (κ1) is 13.3. The third kappa shape index (κ3) is 3.21. The van der Waals surface area contributed by atoms with Crippen molar-refractivity contribution in [2.24, 2.45) is 0 Å². The van der Waals surface area contributed by atoms with E-state index in [0.29, 0.717) is 12.4 Å². The molecule has 0 atom stereocenters. The van der Waals surface area contributed by atoms with E-state index in [1.807, 2.05) is 20.8 Å². The smallest absolute Gasteiger partial charge is 0.293 e. The van der Waals surface area contributed by atoms with Gasteiger partial charge in [-0.1, -0.05) is 0 Å². The Hall–Kier alpha value is -2.11. The fourth-order valence-electron chi connectivity index (χ4n) is 1.80. The van der Waals surface area contributed by atoms with Crippen LogP contribution >= 0.6 is 0 Å². The van der Waals surface area contributed by atoms with Gasteiger partial charge >= 0.3 is 0 Å². The fourth-order valence-corrected chi connectivity index (χ4v) is 1.80. The van der Waals surface area contributed by atoms with E-state index in [-0.39, 0.29) is 11.1 Å². The van der Waals surface area contributed by atoms with Gasteiger partial charge in [-0.2, -0.15) is 0 Å². The van der Waals surface area contributed by atoms with Crippen LogP contribution in [0.25, 0.3) is 0 Å². The minimum Gasteiger partial charge on any atom is -0.365 e. The first-order chi connectivity index (χ1) is 8.98. The highest BCUT2D eigenvalue weighted by Crippen LogP contribution is 2.10. The molecule has 6 heteroatoms. The van der Waals surface area contributed by atoms with E-state index >= 15 is 0 Å². The Morgan fingerprint density at radius 3 is 2.84 bits per heavy atom. The molecular formula is C13H19N5O. The molecule has 0 aliphatic heterocycles. The van der Waals surface area contributed by atoms with Gasteiger partial charge in [0.25, 0.3) is 5.56 Å². The van der Waals surface area contributed by atoms with Crippen LogP contribution in [0, 0.1) is 0 Å². The average Bonchev–Trinajstić information content (AvgIpc) is 2.83. The largest absolute Gasteiger partial charge is 0.365 e. The van der Waals surface area contributed by atoms with Crippen LogP contribution in [0.15, 0.2) is 29.7 Å². The zero-order valence-electron chi connectivity index (χ0n) is 11.5. The lowest BCUT2D eigenvalue weighted by molar-refractivity contribution is 0.383. The third-order valence-corrected chi connectivity index (χ3v) is 2.81. The van der Waals surface area contributed by atoms with E-state index < -0.39 is 0 Å². The monoisotopic (exact) mass is 261 g/mol. The second kappa shape index (κ2) is 5.26. The molecule has 2 rings (SSSR count). The van der Waals surface area contributed by atoms with Crippen LogP contribution < -0.4 is 10.9 Å². The van der Waals surface area contributed by atoms with Crippen LogP contribution in [0.2, 0.25) is 0 Å². The summed E-state index contributed by atoms with van der Waals surface area (Å²) < 4.78 is 1.68. The topological polar surface area (TPSA) is 75.6 Å². The molecular weight excluding hydrogens is 242 g/mol. The summed E-state index contributed by atoms with van der Waals surface area (Å²) in [6.45, 7) is 6.60. The van der Waals surface area contributed by atoms with E-state index in [2.05, 4.69) is 20.3 Å². The summed E-state index contributed by atoms with van der Waals surface area (Å²) in [6.07, 6.45) is 7.54. The number of imidazole rings is 1. The van der Waals surface area contributed by atoms with Gasteiger partial charge in [-0.05, 0) is 20.8 Å². The number of anilines is 1. The Kier molecular flexibility index (Phi) is 3.69. The highest BCUT2D eigenvalue weighted by Gasteiger charge is 2.16. The maximum Gasteiger partial charge on any atom is 0.293 e. The quantitative estimate of drug-likeness (QED) is 0.871. The van der Waals surface area contributed by atoms with Gasteiger partial charge in [0, 0.05) is 42.8 Å². The molecule has 19 heavy (non-hydrogen) atoms. The van der Waals surface area contributed by atoms with Gasteiger partial charge in [0.15, 0.2) is 5.82 Å². The molecule has 102 valence electrons. The van der Waals surface area contributed by atoms with Crippen molar-refractivity contribution in [1.29, 1.82) is 0 Å². The Morgan fingerprint density at radius 2 is 2.21 bits per heavy atom. The molecule has 2 aromatic heterocycles. The number of H-pyrrole nitrogens is 1. The van der Waals surface area contributed by atoms with Gasteiger partial charge in [-0.25, -0.2) is 9.97 Å². The SMILES string of the molecule is CC(C)(C)n1ccnc(NCCc2cnc[nH]2)c1=O. The van der Waals surface area contributed by atoms with Crippen LogP contribution in [0.1, 0.15) is 26.5 Å². The van der Waals surface area contributed by atoms with Crippen LogP contribution in [-0.4, -0.2) is 26.1 Å². The zero-order valence-corrected chi connectivity index (χ0v) is 11.5. The summed E-state index contributed by atoms with van der Waals surface area (Å²) in [4.78, 5) is 23.3. The van der Waals surface area contributed by atoms with Gasteiger partial charge < -0.3 is 14.9 Å². The van der Waals surface area contributed by atoms with Crippen molar-refractivity contribution in [2.75, 3.05) is 11.9 Å². The van der Waals surface area contributed by atoms with Gasteiger partial charge in [0.1, 0.15) is 0 Å². The second-order valence-corrected chi connectivity index (χ2v) is 5.38. The molecule has 6 nitrogen and oxygen atoms in total. The second-order valence-electron chi connectivity index (χ2n) is 5.38. The molecule has 2 heterocycles. The number of nitrogens with one attached hydrogen (secondary N) is 2. The van der Waals surface area contributed by atoms with Gasteiger partial charge in [-0.15, -0.1) is 0 Å². The number of aromatic nitrogens is 4. The van der Waals surface area contributed by atoms with Crippen molar-refractivity contribution < 1.29 is 0 Å². The molecule has 0 radical (unpaired) electrons. The molecule has 0 aliphatic carbocycles. The Balaban J connectivity index is 2.07. The van der Waals surface area contributed by atoms with Crippen molar-refractivity contribution in [1.82, 2.24) is 19.5 Å². The van der Waals surface area contributed by atoms with Crippen molar-refractivity contribution in [3.05, 3.63) is 41.0 Å². The fraction of sp³-hybridized carbons (Fsp3) is 0.462. The number of rotatable bonds is 4. The van der Waals surface area contributed by atoms with Crippen molar-refractivity contribution in [3.63, 3.8) is 0 Å². The maximum absolute atomic E-state index is 12.2. The molecule has 0 fully saturated rings. The molecule has 0 saturated heterocycles. The van der Waals surface area contributed by atoms with E-state index in [0.717, 1.165) is 12.1 Å². The molecule has 2 aromatic rings. The van der Waals surface area contributed by atoms with E-state index in [4.69, 9.17) is 0 Å². The number of hydrogen-bond acceptors (Lipinski definition) is 4. The summed E-state index contributed by atoms with van der Waals surface area (Å²) in [6, 6.07) is 0. The number of hydrogen-bond donors (Lipinski definition) is 2. The van der Waals surface area contributed by atoms with Crippen LogP contribution in [0.4, 0.5) is 5.82 Å². The lowest BCUT2D eigenvalue weighted by Crippen LogP contribution is -2.35. The summed E-state index contributed by atoms with van der Waals surface area (Å²) in [5.74, 6) is 0.386. The molecule has 0 bridgehead atoms. The minimum atomic E-state index is -0.250. The van der Waals surface area contributed by atoms with E-state index in [9.17, 15) is 4.79 Å². The number of aromatic amines is 1. The summed E-state index contributed by atoms with van der Waals surface area (Å²) in [5, 5.41) is 3.07. The Bertz CT molecular complexity index is 580. The molecule has 0 aromatic carbocycles. The van der Waals surface area contributed by atoms with Gasteiger partial charge in [0.2, 0.25) is 0 Å². The summed E-state index contributed by atoms with van der Waals surface area (Å²) in [7, 11) is 0. The number of nitrogens with zero attached hydrogens (tertiary/aromatic N) is 3. The molecule has 0 amide bonds. The molecule has 0 spiro atoms. The highest BCUT2D eigenvalue weighted by atomic mass is 16.1. The van der Waals surface area contributed by atoms with E-state index in [1.165, 1.54) is 0 Å². The van der Waals surface area contributed by atoms with Crippen molar-refractivity contribution >= 4 is 5.82 Å². The maximum atomic E-state index is 12.2. The van der Waals surface area contributed by atoms with Crippen LogP contribution in [-0.2, 0) is 12.0 Å². The first-order valence-electron chi connectivity index (χ1n) is 6.28. The average molecular weight is 261 g/mol. The molecule has 0 aliphatic rings. The van der Waals surface area contributed by atoms with E-state index in [1.54, 1.807) is 29.5 Å².